The van der Waals surface area contributed by atoms with E-state index in [1.54, 1.807) is 0 Å². The van der Waals surface area contributed by atoms with Gasteiger partial charge in [-0.2, -0.15) is 0 Å². The highest BCUT2D eigenvalue weighted by molar-refractivity contribution is 5.97. The molecule has 5 N–H and O–H groups in total. The number of phenolic OH excluding ortho intramolecular Hbond substituents is 2. The summed E-state index contributed by atoms with van der Waals surface area (Å²) in [5, 5.41) is 21.7. The number of rotatable bonds is 3. The molecule has 18 heavy (non-hydrogen) atoms. The van der Waals surface area contributed by atoms with Crippen molar-refractivity contribution in [2.45, 2.75) is 26.8 Å². The molecule has 0 spiro atoms. The van der Waals surface area contributed by atoms with E-state index in [2.05, 4.69) is 5.32 Å². The predicted octanol–water partition coefficient (Wildman–Crippen LogP) is 1.20. The van der Waals surface area contributed by atoms with Gasteiger partial charge in [0.2, 0.25) is 0 Å². The molecule has 0 aliphatic rings. The molecule has 1 aromatic carbocycles. The second kappa shape index (κ2) is 5.27. The minimum atomic E-state index is -0.450. The lowest BCUT2D eigenvalue weighted by molar-refractivity contribution is 0.0902. The summed E-state index contributed by atoms with van der Waals surface area (Å²) in [6, 6.07) is 3.60. The summed E-state index contributed by atoms with van der Waals surface area (Å²) in [5.41, 5.74) is 5.48. The van der Waals surface area contributed by atoms with Crippen molar-refractivity contribution in [1.82, 2.24) is 5.32 Å². The third kappa shape index (κ3) is 3.37. The molecule has 5 nitrogen and oxygen atoms in total. The largest absolute Gasteiger partial charge is 0.508 e. The van der Waals surface area contributed by atoms with E-state index >= 15 is 0 Å². The molecule has 1 rings (SSSR count). The van der Waals surface area contributed by atoms with Gasteiger partial charge in [-0.15, -0.1) is 0 Å². The molecule has 100 valence electrons. The fraction of sp³-hybridized carbons (Fsp3) is 0.462. The van der Waals surface area contributed by atoms with Crippen LogP contribution in [-0.4, -0.2) is 28.7 Å². The summed E-state index contributed by atoms with van der Waals surface area (Å²) in [6.07, 6.45) is 0. The average Bonchev–Trinajstić information content (AvgIpc) is 2.27. The van der Waals surface area contributed by atoms with Crippen LogP contribution >= 0.6 is 0 Å². The van der Waals surface area contributed by atoms with Crippen LogP contribution in [0.2, 0.25) is 0 Å². The molecule has 1 amide bonds. The zero-order valence-corrected chi connectivity index (χ0v) is 10.9. The summed E-state index contributed by atoms with van der Waals surface area (Å²) in [4.78, 5) is 12.0. The lowest BCUT2D eigenvalue weighted by Crippen LogP contribution is -2.48. The van der Waals surface area contributed by atoms with Gasteiger partial charge in [-0.3, -0.25) is 4.79 Å². The Bertz CT molecular complexity index is 438. The second-order valence-electron chi connectivity index (χ2n) is 5.33. The van der Waals surface area contributed by atoms with E-state index in [1.165, 1.54) is 18.2 Å². The molecule has 0 aliphatic carbocycles. The van der Waals surface area contributed by atoms with Crippen LogP contribution in [0.5, 0.6) is 11.5 Å². The van der Waals surface area contributed by atoms with E-state index in [9.17, 15) is 15.0 Å². The second-order valence-corrected chi connectivity index (χ2v) is 5.33. The van der Waals surface area contributed by atoms with Gasteiger partial charge in [0.05, 0.1) is 5.56 Å². The molecule has 0 heterocycles. The van der Waals surface area contributed by atoms with Crippen LogP contribution in [-0.2, 0) is 0 Å². The first-order valence-corrected chi connectivity index (χ1v) is 5.78. The highest BCUT2D eigenvalue weighted by Crippen LogP contribution is 2.23. The van der Waals surface area contributed by atoms with Crippen LogP contribution in [0.4, 0.5) is 0 Å². The molecular formula is C13H20N2O3. The highest BCUT2D eigenvalue weighted by Gasteiger charge is 2.26. The summed E-state index contributed by atoms with van der Waals surface area (Å²) >= 11 is 0. The normalized spacial score (nSPS) is 13.1. The maximum absolute atomic E-state index is 12.0. The Kier molecular flexibility index (Phi) is 4.19. The Morgan fingerprint density at radius 3 is 2.50 bits per heavy atom. The van der Waals surface area contributed by atoms with Gasteiger partial charge in [-0.1, -0.05) is 20.8 Å². The summed E-state index contributed by atoms with van der Waals surface area (Å²) < 4.78 is 0. The Morgan fingerprint density at radius 2 is 2.00 bits per heavy atom. The number of amides is 1. The standard InChI is InChI=1S/C13H20N2O3/c1-13(2,3)11(7-14)15-12(18)9-6-8(16)4-5-10(9)17/h4-6,11,16-17H,7,14H2,1-3H3,(H,15,18). The molecule has 5 heteroatoms. The number of nitrogens with two attached hydrogens (primary N) is 1. The van der Waals surface area contributed by atoms with Gasteiger partial charge < -0.3 is 21.3 Å². The minimum Gasteiger partial charge on any atom is -0.508 e. The fourth-order valence-corrected chi connectivity index (χ4v) is 1.57. The van der Waals surface area contributed by atoms with Crippen LogP contribution in [0.3, 0.4) is 0 Å². The fourth-order valence-electron chi connectivity index (χ4n) is 1.57. The highest BCUT2D eigenvalue weighted by atomic mass is 16.3. The van der Waals surface area contributed by atoms with Gasteiger partial charge in [0.15, 0.2) is 0 Å². The van der Waals surface area contributed by atoms with Crippen molar-refractivity contribution >= 4 is 5.91 Å². The zero-order valence-electron chi connectivity index (χ0n) is 10.9. The molecule has 0 aromatic heterocycles. The number of carbonyl (C=O) groups excluding carboxylic acids is 1. The van der Waals surface area contributed by atoms with Gasteiger partial charge in [-0.05, 0) is 23.6 Å². The van der Waals surface area contributed by atoms with Gasteiger partial charge in [0.1, 0.15) is 11.5 Å². The number of phenols is 2. The Morgan fingerprint density at radius 1 is 1.39 bits per heavy atom. The number of hydrogen-bond donors (Lipinski definition) is 4. The molecule has 0 fully saturated rings. The van der Waals surface area contributed by atoms with E-state index in [-0.39, 0.29) is 28.5 Å². The quantitative estimate of drug-likeness (QED) is 0.608. The molecular weight excluding hydrogens is 232 g/mol. The van der Waals surface area contributed by atoms with E-state index < -0.39 is 5.91 Å². The van der Waals surface area contributed by atoms with Crippen LogP contribution in [0.25, 0.3) is 0 Å². The lowest BCUT2D eigenvalue weighted by Gasteiger charge is -2.30. The zero-order chi connectivity index (χ0) is 13.9. The molecule has 1 unspecified atom stereocenters. The number of nitrogens with one attached hydrogen (secondary N) is 1. The summed E-state index contributed by atoms with van der Waals surface area (Å²) in [7, 11) is 0. The molecule has 0 saturated carbocycles. The van der Waals surface area contributed by atoms with Crippen LogP contribution in [0.1, 0.15) is 31.1 Å². The summed E-state index contributed by atoms with van der Waals surface area (Å²) in [6.45, 7) is 6.20. The van der Waals surface area contributed by atoms with Crippen LogP contribution in [0, 0.1) is 5.41 Å². The molecule has 0 aliphatic heterocycles. The van der Waals surface area contributed by atoms with E-state index in [0.29, 0.717) is 6.54 Å². The molecule has 0 radical (unpaired) electrons. The monoisotopic (exact) mass is 252 g/mol. The third-order valence-electron chi connectivity index (χ3n) is 2.81. The first-order valence-electron chi connectivity index (χ1n) is 5.78. The topological polar surface area (TPSA) is 95.6 Å². The number of hydrogen-bond acceptors (Lipinski definition) is 4. The van der Waals surface area contributed by atoms with Crippen molar-refractivity contribution in [3.8, 4) is 11.5 Å². The SMILES string of the molecule is CC(C)(C)C(CN)NC(=O)c1cc(O)ccc1O. The van der Waals surface area contributed by atoms with Crippen molar-refractivity contribution < 1.29 is 15.0 Å². The van der Waals surface area contributed by atoms with Gasteiger partial charge >= 0.3 is 0 Å². The molecule has 0 saturated heterocycles. The Hall–Kier alpha value is -1.75. The first-order chi connectivity index (χ1) is 8.25. The van der Waals surface area contributed by atoms with Crippen LogP contribution < -0.4 is 11.1 Å². The number of aromatic hydroxyl groups is 2. The number of carbonyl (C=O) groups is 1. The minimum absolute atomic E-state index is 0.0395. The molecule has 0 bridgehead atoms. The third-order valence-corrected chi connectivity index (χ3v) is 2.81. The summed E-state index contributed by atoms with van der Waals surface area (Å²) in [5.74, 6) is -0.693. The number of benzene rings is 1. The Balaban J connectivity index is 2.91. The van der Waals surface area contributed by atoms with Crippen LogP contribution in [0.15, 0.2) is 18.2 Å². The van der Waals surface area contributed by atoms with E-state index in [0.717, 1.165) is 0 Å². The van der Waals surface area contributed by atoms with Crippen molar-refractivity contribution in [3.63, 3.8) is 0 Å². The van der Waals surface area contributed by atoms with Crippen molar-refractivity contribution in [2.24, 2.45) is 11.1 Å². The van der Waals surface area contributed by atoms with Gasteiger partial charge in [-0.25, -0.2) is 0 Å². The van der Waals surface area contributed by atoms with E-state index in [1.807, 2.05) is 20.8 Å². The lowest BCUT2D eigenvalue weighted by atomic mass is 9.86. The smallest absolute Gasteiger partial charge is 0.255 e. The van der Waals surface area contributed by atoms with Crippen molar-refractivity contribution in [2.75, 3.05) is 6.54 Å². The first kappa shape index (κ1) is 14.3. The van der Waals surface area contributed by atoms with Crippen molar-refractivity contribution in [1.29, 1.82) is 0 Å². The average molecular weight is 252 g/mol. The Labute approximate surface area is 107 Å². The van der Waals surface area contributed by atoms with Gasteiger partial charge in [0, 0.05) is 12.6 Å². The predicted molar refractivity (Wildman–Crippen MR) is 69.5 cm³/mol. The maximum atomic E-state index is 12.0. The molecule has 1 atom stereocenters. The maximum Gasteiger partial charge on any atom is 0.255 e. The van der Waals surface area contributed by atoms with E-state index in [4.69, 9.17) is 5.73 Å². The van der Waals surface area contributed by atoms with Gasteiger partial charge in [0.25, 0.3) is 5.91 Å². The molecule has 1 aromatic rings. The van der Waals surface area contributed by atoms with Crippen molar-refractivity contribution in [3.05, 3.63) is 23.8 Å².